The summed E-state index contributed by atoms with van der Waals surface area (Å²) in [5.74, 6) is -0.251. The topological polar surface area (TPSA) is 222 Å². The summed E-state index contributed by atoms with van der Waals surface area (Å²) in [5, 5.41) is 80.9. The van der Waals surface area contributed by atoms with Crippen molar-refractivity contribution in [3.8, 4) is 5.75 Å². The third kappa shape index (κ3) is 4.84. The number of nitrogens with zero attached hydrogens (tertiary/aromatic N) is 1. The van der Waals surface area contributed by atoms with Crippen molar-refractivity contribution in [2.24, 2.45) is 0 Å². The maximum absolute atomic E-state index is 11.2. The third-order valence-electron chi connectivity index (χ3n) is 5.27. The molecule has 0 unspecified atom stereocenters. The van der Waals surface area contributed by atoms with Crippen LogP contribution in [0.2, 0.25) is 0 Å². The average molecular weight is 463 g/mol. The minimum atomic E-state index is -1.81. The number of aliphatic hydroxyl groups excluding tert-OH is 7. The molecule has 14 nitrogen and oxygen atoms in total. The summed E-state index contributed by atoms with van der Waals surface area (Å²) in [5.41, 5.74) is -0.418. The smallest absolute Gasteiger partial charge is 0.311 e. The molecule has 1 aromatic carbocycles. The van der Waals surface area contributed by atoms with E-state index in [1.807, 2.05) is 0 Å². The largest absolute Gasteiger partial charge is 0.455 e. The summed E-state index contributed by atoms with van der Waals surface area (Å²) in [6.07, 6.45) is -16.2. The Kier molecular flexibility index (Phi) is 7.94. The van der Waals surface area contributed by atoms with Gasteiger partial charge in [-0.1, -0.05) is 12.1 Å². The number of nitro groups is 1. The minimum Gasteiger partial charge on any atom is -0.455 e. The second kappa shape index (κ2) is 10.3. The zero-order valence-corrected chi connectivity index (χ0v) is 16.5. The molecule has 1 aromatic rings. The SMILES string of the molecule is O=[N+]([O-])c1ccccc1O[C@H]1O[C@H](CO)[C@@H](O[C@H]2O[C@H](CO)[C@@H](O)[C@H](O)[C@H]2O)[C@H](O)[C@H]1O. The minimum absolute atomic E-state index is 0.251. The standard InChI is InChI=1S/C18H25NO13/c20-5-9-11(22)12(23)14(25)18(30-9)32-16-10(6-21)31-17(15(26)13(16)24)29-8-4-2-1-3-7(8)19(27)28/h1-4,9-18,20-26H,5-6H2/t9-,10-,11-,12+,13-,14-,15-,16-,17+,18-/m1/s1. The first-order valence-corrected chi connectivity index (χ1v) is 9.68. The van der Waals surface area contributed by atoms with Gasteiger partial charge in [-0.25, -0.2) is 0 Å². The van der Waals surface area contributed by atoms with Gasteiger partial charge in [0.2, 0.25) is 6.29 Å². The van der Waals surface area contributed by atoms with Crippen molar-refractivity contribution in [1.29, 1.82) is 0 Å². The predicted molar refractivity (Wildman–Crippen MR) is 100 cm³/mol. The number of benzene rings is 1. The Morgan fingerprint density at radius 1 is 0.844 bits per heavy atom. The summed E-state index contributed by atoms with van der Waals surface area (Å²) in [4.78, 5) is 10.4. The van der Waals surface area contributed by atoms with Crippen LogP contribution in [-0.4, -0.2) is 115 Å². The lowest BCUT2D eigenvalue weighted by Gasteiger charge is -2.45. The van der Waals surface area contributed by atoms with E-state index in [1.54, 1.807) is 0 Å². The van der Waals surface area contributed by atoms with Crippen LogP contribution in [0.15, 0.2) is 24.3 Å². The number of nitro benzene ring substituents is 1. The second-order valence-corrected chi connectivity index (χ2v) is 7.35. The Labute approximate surface area is 180 Å². The highest BCUT2D eigenvalue weighted by Gasteiger charge is 2.51. The fourth-order valence-electron chi connectivity index (χ4n) is 3.49. The maximum atomic E-state index is 11.2. The molecule has 0 bridgehead atoms. The fraction of sp³-hybridized carbons (Fsp3) is 0.667. The molecular formula is C18H25NO13. The van der Waals surface area contributed by atoms with Crippen molar-refractivity contribution >= 4 is 5.69 Å². The Hall–Kier alpha value is -1.98. The predicted octanol–water partition coefficient (Wildman–Crippen LogP) is -3.40. The highest BCUT2D eigenvalue weighted by Crippen LogP contribution is 2.33. The van der Waals surface area contributed by atoms with Crippen molar-refractivity contribution in [2.45, 2.75) is 61.4 Å². The van der Waals surface area contributed by atoms with Crippen LogP contribution in [0.5, 0.6) is 5.75 Å². The van der Waals surface area contributed by atoms with E-state index in [-0.39, 0.29) is 5.75 Å². The second-order valence-electron chi connectivity index (χ2n) is 7.35. The van der Waals surface area contributed by atoms with E-state index in [4.69, 9.17) is 18.9 Å². The quantitative estimate of drug-likeness (QED) is 0.155. The van der Waals surface area contributed by atoms with Crippen LogP contribution in [0, 0.1) is 10.1 Å². The lowest BCUT2D eigenvalue weighted by Crippen LogP contribution is -2.65. The molecule has 0 radical (unpaired) electrons. The molecule has 0 spiro atoms. The first-order chi connectivity index (χ1) is 15.2. The van der Waals surface area contributed by atoms with E-state index in [0.717, 1.165) is 6.07 Å². The molecule has 0 amide bonds. The molecule has 180 valence electrons. The highest BCUT2D eigenvalue weighted by atomic mass is 16.7. The highest BCUT2D eigenvalue weighted by molar-refractivity contribution is 5.45. The van der Waals surface area contributed by atoms with Crippen LogP contribution in [0.1, 0.15) is 0 Å². The number of aliphatic hydroxyl groups is 7. The number of hydrogen-bond donors (Lipinski definition) is 7. The third-order valence-corrected chi connectivity index (χ3v) is 5.27. The van der Waals surface area contributed by atoms with E-state index >= 15 is 0 Å². The van der Waals surface area contributed by atoms with E-state index in [9.17, 15) is 45.9 Å². The van der Waals surface area contributed by atoms with Gasteiger partial charge in [0.1, 0.15) is 48.8 Å². The van der Waals surface area contributed by atoms with Gasteiger partial charge in [-0.15, -0.1) is 0 Å². The van der Waals surface area contributed by atoms with Gasteiger partial charge in [0.15, 0.2) is 12.0 Å². The maximum Gasteiger partial charge on any atom is 0.311 e. The lowest BCUT2D eigenvalue weighted by atomic mass is 9.97. The van der Waals surface area contributed by atoms with Crippen molar-refractivity contribution in [3.63, 3.8) is 0 Å². The molecule has 0 saturated carbocycles. The molecule has 14 heteroatoms. The number of hydrogen-bond acceptors (Lipinski definition) is 13. The Morgan fingerprint density at radius 3 is 2.06 bits per heavy atom. The van der Waals surface area contributed by atoms with Crippen LogP contribution in [0.4, 0.5) is 5.69 Å². The van der Waals surface area contributed by atoms with Gasteiger partial charge >= 0.3 is 5.69 Å². The Morgan fingerprint density at radius 2 is 1.44 bits per heavy atom. The molecule has 2 aliphatic heterocycles. The van der Waals surface area contributed by atoms with Crippen molar-refractivity contribution in [3.05, 3.63) is 34.4 Å². The lowest BCUT2D eigenvalue weighted by molar-refractivity contribution is -0.387. The van der Waals surface area contributed by atoms with E-state index in [2.05, 4.69) is 0 Å². The molecule has 32 heavy (non-hydrogen) atoms. The average Bonchev–Trinajstić information content (AvgIpc) is 2.78. The first kappa shape index (κ1) is 24.7. The van der Waals surface area contributed by atoms with Gasteiger partial charge in [-0.05, 0) is 6.07 Å². The molecule has 3 rings (SSSR count). The number of ether oxygens (including phenoxy) is 4. The van der Waals surface area contributed by atoms with E-state index in [1.165, 1.54) is 18.2 Å². The summed E-state index contributed by atoms with van der Waals surface area (Å²) in [6.45, 7) is -1.48. The monoisotopic (exact) mass is 463 g/mol. The fourth-order valence-corrected chi connectivity index (χ4v) is 3.49. The number of para-hydroxylation sites is 2. The first-order valence-electron chi connectivity index (χ1n) is 9.68. The molecule has 2 fully saturated rings. The Bertz CT molecular complexity index is 777. The van der Waals surface area contributed by atoms with Crippen molar-refractivity contribution < 1.29 is 59.6 Å². The van der Waals surface area contributed by atoms with Crippen LogP contribution in [0.3, 0.4) is 0 Å². The summed E-state index contributed by atoms with van der Waals surface area (Å²) in [7, 11) is 0. The molecule has 2 aliphatic rings. The van der Waals surface area contributed by atoms with Crippen LogP contribution in [-0.2, 0) is 14.2 Å². The summed E-state index contributed by atoms with van der Waals surface area (Å²) < 4.78 is 21.4. The van der Waals surface area contributed by atoms with Crippen molar-refractivity contribution in [2.75, 3.05) is 13.2 Å². The van der Waals surface area contributed by atoms with Crippen LogP contribution >= 0.6 is 0 Å². The molecule has 0 aromatic heterocycles. The Balaban J connectivity index is 1.75. The zero-order chi connectivity index (χ0) is 23.6. The molecule has 7 N–H and O–H groups in total. The molecule has 2 saturated heterocycles. The molecule has 2 heterocycles. The van der Waals surface area contributed by atoms with Gasteiger partial charge in [-0.3, -0.25) is 10.1 Å². The molecular weight excluding hydrogens is 438 g/mol. The van der Waals surface area contributed by atoms with Gasteiger partial charge in [-0.2, -0.15) is 0 Å². The van der Waals surface area contributed by atoms with E-state index in [0.29, 0.717) is 0 Å². The van der Waals surface area contributed by atoms with Crippen molar-refractivity contribution in [1.82, 2.24) is 0 Å². The normalized spacial score (nSPS) is 40.1. The van der Waals surface area contributed by atoms with Gasteiger partial charge in [0.05, 0.1) is 18.1 Å². The number of rotatable bonds is 7. The molecule has 0 aliphatic carbocycles. The van der Waals surface area contributed by atoms with E-state index < -0.39 is 85.2 Å². The van der Waals surface area contributed by atoms with Crippen LogP contribution < -0.4 is 4.74 Å². The zero-order valence-electron chi connectivity index (χ0n) is 16.5. The molecule has 10 atom stereocenters. The summed E-state index contributed by atoms with van der Waals surface area (Å²) in [6, 6.07) is 5.27. The van der Waals surface area contributed by atoms with Gasteiger partial charge in [0.25, 0.3) is 0 Å². The van der Waals surface area contributed by atoms with Crippen LogP contribution in [0.25, 0.3) is 0 Å². The van der Waals surface area contributed by atoms with Gasteiger partial charge < -0.3 is 54.7 Å². The summed E-state index contributed by atoms with van der Waals surface area (Å²) >= 11 is 0. The van der Waals surface area contributed by atoms with Gasteiger partial charge in [0, 0.05) is 6.07 Å².